The van der Waals surface area contributed by atoms with Gasteiger partial charge in [0, 0.05) is 16.3 Å². The van der Waals surface area contributed by atoms with Crippen LogP contribution >= 0.6 is 7.37 Å². The zero-order chi connectivity index (χ0) is 38.5. The molecule has 0 spiro atoms. The van der Waals surface area contributed by atoms with Crippen molar-refractivity contribution in [3.05, 3.63) is 188 Å². The smallest absolute Gasteiger partial charge is 0.311 e. The van der Waals surface area contributed by atoms with Crippen molar-refractivity contribution in [3.8, 4) is 72.9 Å². The molecule has 1 unspecified atom stereocenters. The average molecular weight is 757 g/mol. The number of rotatable bonds is 7. The summed E-state index contributed by atoms with van der Waals surface area (Å²) in [6, 6.07) is 64.4. The van der Waals surface area contributed by atoms with E-state index in [4.69, 9.17) is 14.0 Å². The van der Waals surface area contributed by atoms with Gasteiger partial charge in [0.2, 0.25) is 0 Å². The van der Waals surface area contributed by atoms with E-state index < -0.39 is 7.37 Å². The van der Waals surface area contributed by atoms with Crippen LogP contribution in [-0.4, -0.2) is 14.2 Å². The van der Waals surface area contributed by atoms with Gasteiger partial charge in [-0.2, -0.15) is 0 Å². The van der Waals surface area contributed by atoms with Crippen molar-refractivity contribution >= 4 is 39.5 Å². The van der Waals surface area contributed by atoms with Crippen LogP contribution in [0.3, 0.4) is 0 Å². The summed E-state index contributed by atoms with van der Waals surface area (Å²) in [5, 5.41) is 4.77. The number of hydrogen-bond acceptors (Lipinski definition) is 4. The standard InChI is InChI=1S/C52H37O4P/c1-54-45-33-47(57(53)46-30-18-16-28-39(46)38-27-15-17-29-44(38)56-57)52(55-2)43-32-42-41(31-40(43)45)48(34-19-7-3-8-20-34)50(36-23-11-5-12-24-36)51(37-25-13-6-14-26-37)49(42)35-21-9-4-10-22-35/h3-33H,1-2H3. The fourth-order valence-electron chi connectivity index (χ4n) is 8.62. The molecule has 1 atom stereocenters. The van der Waals surface area contributed by atoms with Gasteiger partial charge in [0.15, 0.2) is 0 Å². The summed E-state index contributed by atoms with van der Waals surface area (Å²) in [4.78, 5) is 0. The Morgan fingerprint density at radius 2 is 0.842 bits per heavy atom. The second-order valence-corrected chi connectivity index (χ2v) is 16.4. The summed E-state index contributed by atoms with van der Waals surface area (Å²) in [6.07, 6.45) is 0. The highest BCUT2D eigenvalue weighted by Gasteiger charge is 2.41. The Morgan fingerprint density at radius 3 is 1.35 bits per heavy atom. The maximum absolute atomic E-state index is 15.8. The van der Waals surface area contributed by atoms with Gasteiger partial charge in [-0.25, -0.2) is 0 Å². The number of fused-ring (bicyclic) bond motifs is 5. The zero-order valence-electron chi connectivity index (χ0n) is 31.5. The van der Waals surface area contributed by atoms with Gasteiger partial charge in [-0.15, -0.1) is 0 Å². The normalized spacial score (nSPS) is 14.4. The predicted octanol–water partition coefficient (Wildman–Crippen LogP) is 13.0. The summed E-state index contributed by atoms with van der Waals surface area (Å²) in [6.45, 7) is 0. The zero-order valence-corrected chi connectivity index (χ0v) is 32.4. The molecule has 1 aliphatic heterocycles. The van der Waals surface area contributed by atoms with E-state index in [9.17, 15) is 0 Å². The summed E-state index contributed by atoms with van der Waals surface area (Å²) < 4.78 is 35.1. The van der Waals surface area contributed by atoms with Crippen molar-refractivity contribution in [3.63, 3.8) is 0 Å². The second kappa shape index (κ2) is 14.0. The molecule has 4 nitrogen and oxygen atoms in total. The van der Waals surface area contributed by atoms with Crippen molar-refractivity contribution in [2.45, 2.75) is 0 Å². The first-order valence-electron chi connectivity index (χ1n) is 19.0. The lowest BCUT2D eigenvalue weighted by molar-refractivity contribution is 0.412. The molecule has 5 heteroatoms. The molecule has 274 valence electrons. The maximum atomic E-state index is 15.8. The minimum Gasteiger partial charge on any atom is -0.496 e. The van der Waals surface area contributed by atoms with Crippen LogP contribution in [0.5, 0.6) is 17.2 Å². The fraction of sp³-hybridized carbons (Fsp3) is 0.0385. The molecule has 0 saturated heterocycles. The largest absolute Gasteiger partial charge is 0.496 e. The molecule has 0 aliphatic carbocycles. The minimum atomic E-state index is -3.78. The Kier molecular flexibility index (Phi) is 8.51. The molecule has 0 amide bonds. The molecule has 10 rings (SSSR count). The van der Waals surface area contributed by atoms with Crippen molar-refractivity contribution < 1.29 is 18.6 Å². The number of hydrogen-bond donors (Lipinski definition) is 0. The topological polar surface area (TPSA) is 44.8 Å². The lowest BCUT2D eigenvalue weighted by Gasteiger charge is -2.30. The molecule has 57 heavy (non-hydrogen) atoms. The van der Waals surface area contributed by atoms with Crippen LogP contribution in [0.25, 0.3) is 77.2 Å². The van der Waals surface area contributed by atoms with Crippen LogP contribution in [0.4, 0.5) is 0 Å². The van der Waals surface area contributed by atoms with Gasteiger partial charge in [0.1, 0.15) is 17.2 Å². The van der Waals surface area contributed by atoms with Crippen LogP contribution in [0.2, 0.25) is 0 Å². The number of ether oxygens (including phenoxy) is 2. The van der Waals surface area contributed by atoms with E-state index in [1.165, 1.54) is 0 Å². The van der Waals surface area contributed by atoms with E-state index in [1.54, 1.807) is 14.2 Å². The third-order valence-corrected chi connectivity index (χ3v) is 13.5. The summed E-state index contributed by atoms with van der Waals surface area (Å²) in [5.41, 5.74) is 10.6. The summed E-state index contributed by atoms with van der Waals surface area (Å²) in [7, 11) is -0.475. The molecule has 1 heterocycles. The Hall–Kier alpha value is -6.87. The number of para-hydroxylation sites is 1. The van der Waals surface area contributed by atoms with Crippen LogP contribution in [0.15, 0.2) is 188 Å². The monoisotopic (exact) mass is 756 g/mol. The third kappa shape index (κ3) is 5.56. The second-order valence-electron chi connectivity index (χ2n) is 14.2. The van der Waals surface area contributed by atoms with E-state index in [0.29, 0.717) is 27.9 Å². The first-order valence-corrected chi connectivity index (χ1v) is 20.6. The van der Waals surface area contributed by atoms with Gasteiger partial charge in [-0.1, -0.05) is 158 Å². The van der Waals surface area contributed by atoms with Crippen LogP contribution in [-0.2, 0) is 4.57 Å². The van der Waals surface area contributed by atoms with E-state index >= 15 is 4.57 Å². The lowest BCUT2D eigenvalue weighted by Crippen LogP contribution is -2.26. The Bertz CT molecular complexity index is 3020. The SMILES string of the molecule is COc1cc(P2(=O)Oc3ccccc3-c3ccccc32)c(OC)c2cc3c(-c4ccccc4)c(-c4ccccc4)c(-c4ccccc4)c(-c4ccccc4)c3cc12. The van der Waals surface area contributed by atoms with E-state index in [1.807, 2.05) is 54.6 Å². The van der Waals surface area contributed by atoms with Crippen LogP contribution < -0.4 is 24.6 Å². The van der Waals surface area contributed by atoms with Crippen LogP contribution in [0, 0.1) is 0 Å². The van der Waals surface area contributed by atoms with Gasteiger partial charge >= 0.3 is 7.37 Å². The predicted molar refractivity (Wildman–Crippen MR) is 236 cm³/mol. The van der Waals surface area contributed by atoms with Gasteiger partial charge in [0.25, 0.3) is 0 Å². The van der Waals surface area contributed by atoms with Crippen molar-refractivity contribution in [1.29, 1.82) is 0 Å². The Morgan fingerprint density at radius 1 is 0.404 bits per heavy atom. The highest BCUT2D eigenvalue weighted by Crippen LogP contribution is 2.58. The molecule has 0 radical (unpaired) electrons. The first kappa shape index (κ1) is 34.6. The molecular weight excluding hydrogens is 720 g/mol. The van der Waals surface area contributed by atoms with Gasteiger partial charge < -0.3 is 14.0 Å². The van der Waals surface area contributed by atoms with Gasteiger partial charge in [0.05, 0.1) is 24.8 Å². The van der Waals surface area contributed by atoms with Gasteiger partial charge in [-0.05, 0) is 91.2 Å². The van der Waals surface area contributed by atoms with Gasteiger partial charge in [-0.3, -0.25) is 4.57 Å². The molecule has 0 bridgehead atoms. The van der Waals surface area contributed by atoms with E-state index in [-0.39, 0.29) is 0 Å². The summed E-state index contributed by atoms with van der Waals surface area (Å²) in [5.74, 6) is 1.63. The Labute approximate surface area is 332 Å². The van der Waals surface area contributed by atoms with Crippen molar-refractivity contribution in [2.75, 3.05) is 14.2 Å². The van der Waals surface area contributed by atoms with Crippen molar-refractivity contribution in [2.24, 2.45) is 0 Å². The molecule has 1 aliphatic rings. The molecule has 0 saturated carbocycles. The van der Waals surface area contributed by atoms with E-state index in [0.717, 1.165) is 77.2 Å². The fourth-order valence-corrected chi connectivity index (χ4v) is 11.1. The third-order valence-electron chi connectivity index (χ3n) is 11.1. The average Bonchev–Trinajstić information content (AvgIpc) is 3.28. The quantitative estimate of drug-likeness (QED) is 0.120. The molecule has 0 fully saturated rings. The number of methoxy groups -OCH3 is 2. The highest BCUT2D eigenvalue weighted by molar-refractivity contribution is 7.75. The Balaban J connectivity index is 1.40. The van der Waals surface area contributed by atoms with E-state index in [2.05, 4.69) is 133 Å². The molecule has 0 N–H and O–H groups in total. The first-order chi connectivity index (χ1) is 28.1. The molecule has 9 aromatic carbocycles. The van der Waals surface area contributed by atoms with Crippen LogP contribution in [0.1, 0.15) is 0 Å². The van der Waals surface area contributed by atoms with Crippen molar-refractivity contribution in [1.82, 2.24) is 0 Å². The molecular formula is C52H37O4P. The summed E-state index contributed by atoms with van der Waals surface area (Å²) >= 11 is 0. The number of benzene rings is 9. The highest BCUT2D eigenvalue weighted by atomic mass is 31.2. The minimum absolute atomic E-state index is 0.449. The molecule has 0 aromatic heterocycles. The maximum Gasteiger partial charge on any atom is 0.311 e. The molecule has 9 aromatic rings. The lowest BCUT2D eigenvalue weighted by atomic mass is 9.78.